The van der Waals surface area contributed by atoms with Crippen LogP contribution in [0.3, 0.4) is 0 Å². The molecule has 26 heavy (non-hydrogen) atoms. The lowest BCUT2D eigenvalue weighted by molar-refractivity contribution is 0.0584. The maximum atomic E-state index is 12.6. The zero-order valence-corrected chi connectivity index (χ0v) is 15.5. The molecule has 0 spiro atoms. The molecule has 2 aromatic carbocycles. The molecule has 0 atom stereocenters. The van der Waals surface area contributed by atoms with E-state index < -0.39 is 17.8 Å². The van der Waals surface area contributed by atoms with Crippen molar-refractivity contribution in [3.05, 3.63) is 60.2 Å². The number of imide groups is 1. The average Bonchev–Trinajstić information content (AvgIpc) is 2.56. The lowest BCUT2D eigenvalue weighted by atomic mass is 10.2. The Hall–Kier alpha value is -2.86. The normalized spacial score (nSPS) is 10.9. The number of hydrogen-bond donors (Lipinski definition) is 1. The second-order valence-electron chi connectivity index (χ2n) is 6.69. The van der Waals surface area contributed by atoms with Crippen LogP contribution in [-0.2, 0) is 11.3 Å². The first-order valence-electron chi connectivity index (χ1n) is 8.33. The molecule has 1 N–H and O–H groups in total. The van der Waals surface area contributed by atoms with Crippen LogP contribution >= 0.6 is 0 Å². The number of carbonyl (C=O) groups is 2. The molecule has 0 bridgehead atoms. The minimum atomic E-state index is -0.827. The first kappa shape index (κ1) is 19.5. The first-order chi connectivity index (χ1) is 12.3. The van der Waals surface area contributed by atoms with Crippen LogP contribution < -0.4 is 15.0 Å². The molecule has 2 rings (SSSR count). The lowest BCUT2D eigenvalue weighted by Gasteiger charge is -2.25. The van der Waals surface area contributed by atoms with E-state index in [9.17, 15) is 9.59 Å². The van der Waals surface area contributed by atoms with E-state index in [0.717, 1.165) is 10.5 Å². The number of anilines is 1. The first-order valence-corrected chi connectivity index (χ1v) is 8.33. The summed E-state index contributed by atoms with van der Waals surface area (Å²) in [5.74, 6) is 0.345. The highest BCUT2D eigenvalue weighted by Crippen LogP contribution is 2.21. The molecule has 0 aliphatic rings. The summed E-state index contributed by atoms with van der Waals surface area (Å²) in [6, 6.07) is 15.6. The Labute approximate surface area is 153 Å². The summed E-state index contributed by atoms with van der Waals surface area (Å²) >= 11 is 0. The molecule has 0 unspecified atom stereocenters. The molecule has 0 saturated heterocycles. The SMILES string of the molecule is CNCc1ccc(N(C(=O)Oc2ccccc2)C(=O)OC(C)(C)C)cc1. The Bertz CT molecular complexity index is 737. The van der Waals surface area contributed by atoms with Crippen molar-refractivity contribution in [3.63, 3.8) is 0 Å². The van der Waals surface area contributed by atoms with E-state index in [4.69, 9.17) is 9.47 Å². The van der Waals surface area contributed by atoms with E-state index in [-0.39, 0.29) is 0 Å². The van der Waals surface area contributed by atoms with E-state index in [1.165, 1.54) is 0 Å². The molecular weight excluding hydrogens is 332 g/mol. The van der Waals surface area contributed by atoms with E-state index in [1.54, 1.807) is 57.2 Å². The van der Waals surface area contributed by atoms with Crippen molar-refractivity contribution in [3.8, 4) is 5.75 Å². The molecule has 0 aliphatic carbocycles. The minimum absolute atomic E-state index is 0.345. The summed E-state index contributed by atoms with van der Waals surface area (Å²) < 4.78 is 10.7. The van der Waals surface area contributed by atoms with Gasteiger partial charge in [0.25, 0.3) is 0 Å². The van der Waals surface area contributed by atoms with Crippen LogP contribution in [0.5, 0.6) is 5.75 Å². The van der Waals surface area contributed by atoms with Gasteiger partial charge in [0.2, 0.25) is 0 Å². The van der Waals surface area contributed by atoms with E-state index >= 15 is 0 Å². The van der Waals surface area contributed by atoms with Crippen molar-refractivity contribution in [2.24, 2.45) is 0 Å². The van der Waals surface area contributed by atoms with Gasteiger partial charge < -0.3 is 14.8 Å². The van der Waals surface area contributed by atoms with Crippen LogP contribution in [0.2, 0.25) is 0 Å². The predicted molar refractivity (Wildman–Crippen MR) is 100 cm³/mol. The highest BCUT2D eigenvalue weighted by Gasteiger charge is 2.30. The van der Waals surface area contributed by atoms with E-state index in [0.29, 0.717) is 18.0 Å². The van der Waals surface area contributed by atoms with Crippen molar-refractivity contribution >= 4 is 17.9 Å². The van der Waals surface area contributed by atoms with Crippen LogP contribution in [0.15, 0.2) is 54.6 Å². The van der Waals surface area contributed by atoms with Crippen molar-refractivity contribution in [1.82, 2.24) is 5.32 Å². The number of nitrogens with one attached hydrogen (secondary N) is 1. The smallest absolute Gasteiger partial charge is 0.429 e. The van der Waals surface area contributed by atoms with Crippen molar-refractivity contribution in [2.45, 2.75) is 32.9 Å². The third-order valence-corrected chi connectivity index (χ3v) is 3.28. The van der Waals surface area contributed by atoms with Gasteiger partial charge in [-0.25, -0.2) is 9.59 Å². The number of nitrogens with zero attached hydrogens (tertiary/aromatic N) is 1. The molecule has 0 aromatic heterocycles. The fourth-order valence-electron chi connectivity index (χ4n) is 2.19. The highest BCUT2D eigenvalue weighted by atomic mass is 16.6. The van der Waals surface area contributed by atoms with Crippen molar-refractivity contribution < 1.29 is 19.1 Å². The number of rotatable bonds is 4. The molecular formula is C20H24N2O4. The number of ether oxygens (including phenoxy) is 2. The Morgan fingerprint density at radius 1 is 0.962 bits per heavy atom. The summed E-state index contributed by atoms with van der Waals surface area (Å²) in [6.45, 7) is 5.89. The Morgan fingerprint density at radius 2 is 1.58 bits per heavy atom. The van der Waals surface area contributed by atoms with Gasteiger partial charge >= 0.3 is 12.2 Å². The highest BCUT2D eigenvalue weighted by molar-refractivity contribution is 6.10. The summed E-state index contributed by atoms with van der Waals surface area (Å²) in [7, 11) is 1.85. The third-order valence-electron chi connectivity index (χ3n) is 3.28. The molecule has 0 aliphatic heterocycles. The van der Waals surface area contributed by atoms with Gasteiger partial charge in [-0.05, 0) is 57.6 Å². The van der Waals surface area contributed by atoms with Gasteiger partial charge in [-0.1, -0.05) is 30.3 Å². The molecule has 6 nitrogen and oxygen atoms in total. The Morgan fingerprint density at radius 3 is 2.12 bits per heavy atom. The summed E-state index contributed by atoms with van der Waals surface area (Å²) in [4.78, 5) is 26.1. The summed E-state index contributed by atoms with van der Waals surface area (Å²) in [5.41, 5.74) is 0.658. The fourth-order valence-corrected chi connectivity index (χ4v) is 2.19. The van der Waals surface area contributed by atoms with Crippen LogP contribution in [0.1, 0.15) is 26.3 Å². The third kappa shape index (κ3) is 5.60. The quantitative estimate of drug-likeness (QED) is 0.882. The van der Waals surface area contributed by atoms with E-state index in [1.807, 2.05) is 25.2 Å². The lowest BCUT2D eigenvalue weighted by Crippen LogP contribution is -2.42. The topological polar surface area (TPSA) is 67.9 Å². The molecule has 0 heterocycles. The summed E-state index contributed by atoms with van der Waals surface area (Å²) in [6.07, 6.45) is -1.62. The predicted octanol–water partition coefficient (Wildman–Crippen LogP) is 4.35. The van der Waals surface area contributed by atoms with Crippen LogP contribution in [0, 0.1) is 0 Å². The fraction of sp³-hybridized carbons (Fsp3) is 0.300. The van der Waals surface area contributed by atoms with Gasteiger partial charge in [0.15, 0.2) is 0 Å². The van der Waals surface area contributed by atoms with E-state index in [2.05, 4.69) is 5.32 Å². The van der Waals surface area contributed by atoms with Crippen molar-refractivity contribution in [1.29, 1.82) is 0 Å². The van der Waals surface area contributed by atoms with Crippen LogP contribution in [0.25, 0.3) is 0 Å². The molecule has 0 saturated carbocycles. The minimum Gasteiger partial charge on any atom is -0.443 e. The number of benzene rings is 2. The standard InChI is InChI=1S/C20H24N2O4/c1-20(2,3)26-19(24)22(16-12-10-15(11-13-16)14-21-4)18(23)25-17-8-6-5-7-9-17/h5-13,21H,14H2,1-4H3. The van der Waals surface area contributed by atoms with Gasteiger partial charge in [-0.15, -0.1) is 0 Å². The van der Waals surface area contributed by atoms with Gasteiger partial charge in [0.1, 0.15) is 11.4 Å². The average molecular weight is 356 g/mol. The zero-order valence-electron chi connectivity index (χ0n) is 15.5. The largest absolute Gasteiger partial charge is 0.443 e. The van der Waals surface area contributed by atoms with Gasteiger partial charge in [-0.2, -0.15) is 4.90 Å². The second kappa shape index (κ2) is 8.49. The monoisotopic (exact) mass is 356 g/mol. The van der Waals surface area contributed by atoms with Gasteiger partial charge in [-0.3, -0.25) is 0 Å². The van der Waals surface area contributed by atoms with Crippen LogP contribution in [0.4, 0.5) is 15.3 Å². The van der Waals surface area contributed by atoms with Crippen LogP contribution in [-0.4, -0.2) is 24.8 Å². The zero-order chi connectivity index (χ0) is 19.2. The van der Waals surface area contributed by atoms with Gasteiger partial charge in [0, 0.05) is 6.54 Å². The Kier molecular flexibility index (Phi) is 6.36. The maximum Gasteiger partial charge on any atom is 0.429 e. The van der Waals surface area contributed by atoms with Gasteiger partial charge in [0.05, 0.1) is 5.69 Å². The van der Waals surface area contributed by atoms with Crippen molar-refractivity contribution in [2.75, 3.05) is 11.9 Å². The molecule has 2 amide bonds. The number of carbonyl (C=O) groups excluding carboxylic acids is 2. The molecule has 6 heteroatoms. The Balaban J connectivity index is 2.28. The maximum absolute atomic E-state index is 12.6. The summed E-state index contributed by atoms with van der Waals surface area (Å²) in [5, 5.41) is 3.05. The molecule has 2 aromatic rings. The molecule has 0 fully saturated rings. The molecule has 138 valence electrons. The number of amides is 2. The number of para-hydroxylation sites is 1. The second-order valence-corrected chi connectivity index (χ2v) is 6.69. The number of hydrogen-bond acceptors (Lipinski definition) is 5. The molecule has 0 radical (unpaired) electrons.